The van der Waals surface area contributed by atoms with Crippen LogP contribution in [-0.2, 0) is 21.8 Å². The normalized spacial score (nSPS) is 10.1. The fourth-order valence-electron chi connectivity index (χ4n) is 1.64. The Morgan fingerprint density at radius 3 is 2.59 bits per heavy atom. The molecule has 0 aliphatic rings. The summed E-state index contributed by atoms with van der Waals surface area (Å²) in [6.45, 7) is 4.14. The van der Waals surface area contributed by atoms with Crippen molar-refractivity contribution in [1.29, 1.82) is 0 Å². The summed E-state index contributed by atoms with van der Waals surface area (Å²) in [4.78, 5) is 11.4. The molecule has 0 aliphatic heterocycles. The van der Waals surface area contributed by atoms with Crippen LogP contribution in [0, 0.1) is 6.92 Å². The molecule has 0 saturated carbocycles. The zero-order valence-corrected chi connectivity index (χ0v) is 11.1. The number of aryl methyl sites for hydroxylation is 1. The van der Waals surface area contributed by atoms with Crippen molar-refractivity contribution in [3.8, 4) is 5.75 Å². The third kappa shape index (κ3) is 3.63. The third-order valence-corrected chi connectivity index (χ3v) is 2.81. The van der Waals surface area contributed by atoms with Gasteiger partial charge in [0.2, 0.25) is 0 Å². The molecule has 0 aliphatic carbocycles. The highest BCUT2D eigenvalue weighted by Gasteiger charge is 2.11. The van der Waals surface area contributed by atoms with E-state index in [1.165, 1.54) is 0 Å². The smallest absolute Gasteiger partial charge is 0.310 e. The number of halogens is 1. The van der Waals surface area contributed by atoms with Crippen molar-refractivity contribution >= 4 is 17.6 Å². The van der Waals surface area contributed by atoms with Gasteiger partial charge in [-0.15, -0.1) is 11.6 Å². The van der Waals surface area contributed by atoms with Crippen LogP contribution in [0.5, 0.6) is 5.75 Å². The lowest BCUT2D eigenvalue weighted by molar-refractivity contribution is -0.142. The molecular formula is C13H17ClO3. The van der Waals surface area contributed by atoms with E-state index >= 15 is 0 Å². The Labute approximate surface area is 107 Å². The van der Waals surface area contributed by atoms with Crippen molar-refractivity contribution in [3.63, 3.8) is 0 Å². The number of benzene rings is 1. The van der Waals surface area contributed by atoms with Crippen LogP contribution in [0.2, 0.25) is 0 Å². The van der Waals surface area contributed by atoms with Crippen LogP contribution in [0.1, 0.15) is 23.6 Å². The van der Waals surface area contributed by atoms with Crippen LogP contribution in [0.4, 0.5) is 0 Å². The topological polar surface area (TPSA) is 35.5 Å². The zero-order valence-electron chi connectivity index (χ0n) is 10.4. The standard InChI is InChI=1S/C13H17ClO3/c1-4-17-13(15)7-10-6-12(16-3)11(8-14)5-9(10)2/h5-6H,4,7-8H2,1-3H3. The summed E-state index contributed by atoms with van der Waals surface area (Å²) in [5, 5.41) is 0. The lowest BCUT2D eigenvalue weighted by atomic mass is 10.0. The Morgan fingerprint density at radius 1 is 1.35 bits per heavy atom. The van der Waals surface area contributed by atoms with Crippen molar-refractivity contribution in [3.05, 3.63) is 28.8 Å². The van der Waals surface area contributed by atoms with E-state index in [0.717, 1.165) is 16.7 Å². The average molecular weight is 257 g/mol. The number of hydrogen-bond donors (Lipinski definition) is 0. The molecule has 1 aromatic rings. The first-order valence-corrected chi connectivity index (χ1v) is 6.03. The maximum atomic E-state index is 11.4. The fraction of sp³-hybridized carbons (Fsp3) is 0.462. The number of methoxy groups -OCH3 is 1. The molecule has 0 atom stereocenters. The molecule has 0 bridgehead atoms. The van der Waals surface area contributed by atoms with Crippen LogP contribution in [0.3, 0.4) is 0 Å². The summed E-state index contributed by atoms with van der Waals surface area (Å²) in [7, 11) is 1.59. The van der Waals surface area contributed by atoms with E-state index in [2.05, 4.69) is 0 Å². The van der Waals surface area contributed by atoms with Gasteiger partial charge in [-0.25, -0.2) is 0 Å². The Balaban J connectivity index is 2.96. The first kappa shape index (κ1) is 13.8. The molecule has 17 heavy (non-hydrogen) atoms. The van der Waals surface area contributed by atoms with Gasteiger partial charge in [0.25, 0.3) is 0 Å². The number of carbonyl (C=O) groups is 1. The number of carbonyl (C=O) groups excluding carboxylic acids is 1. The Bertz CT molecular complexity index is 402. The lowest BCUT2D eigenvalue weighted by Gasteiger charge is -2.11. The summed E-state index contributed by atoms with van der Waals surface area (Å²) in [6.07, 6.45) is 0.262. The van der Waals surface area contributed by atoms with Gasteiger partial charge < -0.3 is 9.47 Å². The lowest BCUT2D eigenvalue weighted by Crippen LogP contribution is -2.09. The monoisotopic (exact) mass is 256 g/mol. The molecule has 4 heteroatoms. The third-order valence-electron chi connectivity index (χ3n) is 2.52. The van der Waals surface area contributed by atoms with Crippen molar-refractivity contribution in [2.75, 3.05) is 13.7 Å². The highest BCUT2D eigenvalue weighted by atomic mass is 35.5. The van der Waals surface area contributed by atoms with Gasteiger partial charge in [0.1, 0.15) is 5.75 Å². The first-order chi connectivity index (χ1) is 8.12. The molecule has 0 radical (unpaired) electrons. The minimum Gasteiger partial charge on any atom is -0.496 e. The van der Waals surface area contributed by atoms with Gasteiger partial charge >= 0.3 is 5.97 Å². The van der Waals surface area contributed by atoms with E-state index in [4.69, 9.17) is 21.1 Å². The highest BCUT2D eigenvalue weighted by molar-refractivity contribution is 6.17. The predicted octanol–water partition coefficient (Wildman–Crippen LogP) is 2.85. The summed E-state index contributed by atoms with van der Waals surface area (Å²) >= 11 is 5.82. The SMILES string of the molecule is CCOC(=O)Cc1cc(OC)c(CCl)cc1C. The molecule has 0 N–H and O–H groups in total. The summed E-state index contributed by atoms with van der Waals surface area (Å²) in [5.41, 5.74) is 2.86. The molecule has 0 aromatic heterocycles. The highest BCUT2D eigenvalue weighted by Crippen LogP contribution is 2.25. The molecule has 0 unspecified atom stereocenters. The largest absolute Gasteiger partial charge is 0.496 e. The van der Waals surface area contributed by atoms with Crippen molar-refractivity contribution in [2.24, 2.45) is 0 Å². The van der Waals surface area contributed by atoms with Gasteiger partial charge in [0.05, 0.1) is 26.0 Å². The van der Waals surface area contributed by atoms with Crippen LogP contribution < -0.4 is 4.74 Å². The van der Waals surface area contributed by atoms with E-state index in [9.17, 15) is 4.79 Å². The maximum Gasteiger partial charge on any atom is 0.310 e. The average Bonchev–Trinajstić information content (AvgIpc) is 2.31. The van der Waals surface area contributed by atoms with Crippen molar-refractivity contribution < 1.29 is 14.3 Å². The molecule has 0 fully saturated rings. The quantitative estimate of drug-likeness (QED) is 0.600. The van der Waals surface area contributed by atoms with Gasteiger partial charge in [-0.05, 0) is 31.0 Å². The Hall–Kier alpha value is -1.22. The predicted molar refractivity (Wildman–Crippen MR) is 67.6 cm³/mol. The molecule has 94 valence electrons. The molecule has 0 spiro atoms. The van der Waals surface area contributed by atoms with Gasteiger partial charge in [0.15, 0.2) is 0 Å². The fourth-order valence-corrected chi connectivity index (χ4v) is 1.85. The van der Waals surface area contributed by atoms with E-state index in [1.54, 1.807) is 14.0 Å². The van der Waals surface area contributed by atoms with Gasteiger partial charge in [0, 0.05) is 5.56 Å². The van der Waals surface area contributed by atoms with Crippen LogP contribution >= 0.6 is 11.6 Å². The van der Waals surface area contributed by atoms with Gasteiger partial charge in [-0.3, -0.25) is 4.79 Å². The molecule has 1 aromatic carbocycles. The van der Waals surface area contributed by atoms with Crippen LogP contribution in [-0.4, -0.2) is 19.7 Å². The van der Waals surface area contributed by atoms with E-state index in [0.29, 0.717) is 18.2 Å². The number of alkyl halides is 1. The summed E-state index contributed by atoms with van der Waals surface area (Å²) in [5.74, 6) is 0.880. The second-order valence-corrected chi connectivity index (χ2v) is 3.97. The number of rotatable bonds is 5. The Morgan fingerprint density at radius 2 is 2.06 bits per heavy atom. The molecular weight excluding hydrogens is 240 g/mol. The molecule has 3 nitrogen and oxygen atoms in total. The minimum atomic E-state index is -0.226. The molecule has 0 amide bonds. The van der Waals surface area contributed by atoms with Crippen molar-refractivity contribution in [1.82, 2.24) is 0 Å². The second kappa shape index (κ2) is 6.50. The minimum absolute atomic E-state index is 0.226. The van der Waals surface area contributed by atoms with Crippen LogP contribution in [0.25, 0.3) is 0 Å². The van der Waals surface area contributed by atoms with Gasteiger partial charge in [-0.1, -0.05) is 6.07 Å². The molecule has 0 saturated heterocycles. The molecule has 0 heterocycles. The number of esters is 1. The molecule has 1 rings (SSSR count). The summed E-state index contributed by atoms with van der Waals surface area (Å²) in [6, 6.07) is 3.80. The Kier molecular flexibility index (Phi) is 5.29. The van der Waals surface area contributed by atoms with E-state index in [-0.39, 0.29) is 12.4 Å². The zero-order chi connectivity index (χ0) is 12.8. The maximum absolute atomic E-state index is 11.4. The first-order valence-electron chi connectivity index (χ1n) is 5.50. The number of ether oxygens (including phenoxy) is 2. The second-order valence-electron chi connectivity index (χ2n) is 3.71. The van der Waals surface area contributed by atoms with Crippen LogP contribution in [0.15, 0.2) is 12.1 Å². The van der Waals surface area contributed by atoms with E-state index < -0.39 is 0 Å². The summed E-state index contributed by atoms with van der Waals surface area (Å²) < 4.78 is 10.2. The van der Waals surface area contributed by atoms with E-state index in [1.807, 2.05) is 19.1 Å². The van der Waals surface area contributed by atoms with Gasteiger partial charge in [-0.2, -0.15) is 0 Å². The number of hydrogen-bond acceptors (Lipinski definition) is 3. The van der Waals surface area contributed by atoms with Crippen molar-refractivity contribution in [2.45, 2.75) is 26.1 Å².